The first kappa shape index (κ1) is 15.3. The summed E-state index contributed by atoms with van der Waals surface area (Å²) in [6.07, 6.45) is 4.31. The summed E-state index contributed by atoms with van der Waals surface area (Å²) in [5, 5.41) is 8.37. The van der Waals surface area contributed by atoms with Gasteiger partial charge in [-0.3, -0.25) is 0 Å². The summed E-state index contributed by atoms with van der Waals surface area (Å²) in [6.45, 7) is 2.78. The van der Waals surface area contributed by atoms with E-state index in [1.165, 1.54) is 6.07 Å². The lowest BCUT2D eigenvalue weighted by Crippen LogP contribution is -2.13. The number of anilines is 1. The van der Waals surface area contributed by atoms with Crippen LogP contribution >= 0.6 is 11.8 Å². The summed E-state index contributed by atoms with van der Waals surface area (Å²) in [4.78, 5) is 0.153. The van der Waals surface area contributed by atoms with Crippen molar-refractivity contribution in [1.29, 1.82) is 0 Å². The molecular weight excluding hydrogens is 268 g/mol. The molecule has 0 heterocycles. The van der Waals surface area contributed by atoms with Crippen LogP contribution in [0.3, 0.4) is 0 Å². The maximum atomic E-state index is 11.3. The Morgan fingerprint density at radius 2 is 2.06 bits per heavy atom. The monoisotopic (exact) mass is 288 g/mol. The van der Waals surface area contributed by atoms with E-state index in [1.54, 1.807) is 12.1 Å². The van der Waals surface area contributed by atoms with Gasteiger partial charge in [0.05, 0.1) is 4.90 Å². The van der Waals surface area contributed by atoms with E-state index in [4.69, 9.17) is 5.14 Å². The number of unbranched alkanes of at least 4 members (excludes halogenated alkanes) is 1. The summed E-state index contributed by atoms with van der Waals surface area (Å²) in [7, 11) is -3.62. The fourth-order valence-corrected chi connectivity index (χ4v) is 2.60. The van der Waals surface area contributed by atoms with Gasteiger partial charge >= 0.3 is 0 Å². The van der Waals surface area contributed by atoms with Crippen molar-refractivity contribution in [2.45, 2.75) is 24.7 Å². The minimum absolute atomic E-state index is 0.153. The van der Waals surface area contributed by atoms with Gasteiger partial charge < -0.3 is 5.32 Å². The zero-order valence-corrected chi connectivity index (χ0v) is 12.4. The third-order valence-corrected chi connectivity index (χ3v) is 4.24. The first-order chi connectivity index (χ1) is 8.45. The molecule has 0 bridgehead atoms. The fraction of sp³-hybridized carbons (Fsp3) is 0.500. The van der Waals surface area contributed by atoms with Gasteiger partial charge in [0.1, 0.15) is 0 Å². The van der Waals surface area contributed by atoms with Crippen molar-refractivity contribution in [1.82, 2.24) is 0 Å². The highest BCUT2D eigenvalue weighted by atomic mass is 32.2. The van der Waals surface area contributed by atoms with E-state index >= 15 is 0 Å². The molecule has 0 amide bonds. The van der Waals surface area contributed by atoms with E-state index in [0.29, 0.717) is 0 Å². The van der Waals surface area contributed by atoms with Crippen molar-refractivity contribution in [2.75, 3.05) is 23.9 Å². The van der Waals surface area contributed by atoms with Crippen LogP contribution in [0.4, 0.5) is 5.69 Å². The lowest BCUT2D eigenvalue weighted by atomic mass is 10.2. The van der Waals surface area contributed by atoms with Crippen LogP contribution in [0.5, 0.6) is 0 Å². The summed E-state index contributed by atoms with van der Waals surface area (Å²) in [5.74, 6) is 1.15. The topological polar surface area (TPSA) is 72.2 Å². The maximum absolute atomic E-state index is 11.3. The third kappa shape index (κ3) is 4.88. The van der Waals surface area contributed by atoms with E-state index in [2.05, 4.69) is 11.6 Å². The Hall–Kier alpha value is -0.720. The highest BCUT2D eigenvalue weighted by Crippen LogP contribution is 2.19. The number of nitrogens with two attached hydrogens (primary N) is 1. The minimum Gasteiger partial charge on any atom is -0.385 e. The molecule has 0 aliphatic carbocycles. The Morgan fingerprint density at radius 1 is 1.33 bits per heavy atom. The summed E-state index contributed by atoms with van der Waals surface area (Å²) < 4.78 is 22.5. The molecule has 1 aromatic rings. The van der Waals surface area contributed by atoms with Crippen LogP contribution in [-0.2, 0) is 10.0 Å². The standard InChI is InChI=1S/C12H20N2O2S2/c1-10-5-6-11(18(13,15)16)9-12(10)14-7-3-4-8-17-2/h5-6,9,14H,3-4,7-8H2,1-2H3,(H2,13,15,16). The molecule has 102 valence electrons. The second-order valence-corrected chi connectivity index (χ2v) is 6.70. The van der Waals surface area contributed by atoms with Gasteiger partial charge in [-0.1, -0.05) is 6.07 Å². The molecule has 0 unspecified atom stereocenters. The molecule has 1 aromatic carbocycles. The van der Waals surface area contributed by atoms with Gasteiger partial charge in [0.25, 0.3) is 0 Å². The van der Waals surface area contributed by atoms with Crippen LogP contribution in [0, 0.1) is 6.92 Å². The SMILES string of the molecule is CSCCCCNc1cc(S(N)(=O)=O)ccc1C. The fourth-order valence-electron chi connectivity index (χ4n) is 1.56. The van der Waals surface area contributed by atoms with Crippen LogP contribution < -0.4 is 10.5 Å². The van der Waals surface area contributed by atoms with Crippen molar-refractivity contribution in [2.24, 2.45) is 5.14 Å². The van der Waals surface area contributed by atoms with Gasteiger partial charge in [0.2, 0.25) is 10.0 Å². The van der Waals surface area contributed by atoms with Gasteiger partial charge in [-0.2, -0.15) is 11.8 Å². The average Bonchev–Trinajstić information content (AvgIpc) is 2.29. The minimum atomic E-state index is -3.62. The number of sulfonamides is 1. The quantitative estimate of drug-likeness (QED) is 0.754. The van der Waals surface area contributed by atoms with Crippen molar-refractivity contribution in [3.63, 3.8) is 0 Å². The molecule has 1 rings (SSSR count). The average molecular weight is 288 g/mol. The van der Waals surface area contributed by atoms with E-state index in [-0.39, 0.29) is 4.90 Å². The van der Waals surface area contributed by atoms with Gasteiger partial charge in [-0.15, -0.1) is 0 Å². The molecule has 6 heteroatoms. The Bertz CT molecular complexity index is 487. The van der Waals surface area contributed by atoms with Crippen LogP contribution in [0.2, 0.25) is 0 Å². The maximum Gasteiger partial charge on any atom is 0.238 e. The number of hydrogen-bond acceptors (Lipinski definition) is 4. The van der Waals surface area contributed by atoms with Crippen molar-refractivity contribution in [3.8, 4) is 0 Å². The molecule has 4 nitrogen and oxygen atoms in total. The number of hydrogen-bond donors (Lipinski definition) is 2. The van der Waals surface area contributed by atoms with Crippen LogP contribution in [0.1, 0.15) is 18.4 Å². The van der Waals surface area contributed by atoms with Gasteiger partial charge in [0.15, 0.2) is 0 Å². The summed E-state index contributed by atoms with van der Waals surface area (Å²) in [6, 6.07) is 4.90. The Kier molecular flexibility index (Phi) is 5.98. The van der Waals surface area contributed by atoms with E-state index in [9.17, 15) is 8.42 Å². The van der Waals surface area contributed by atoms with Gasteiger partial charge in [-0.25, -0.2) is 13.6 Å². The molecular formula is C12H20N2O2S2. The molecule has 0 saturated heterocycles. The molecule has 0 atom stereocenters. The largest absolute Gasteiger partial charge is 0.385 e. The zero-order chi connectivity index (χ0) is 13.6. The first-order valence-corrected chi connectivity index (χ1v) is 8.75. The molecule has 18 heavy (non-hydrogen) atoms. The number of nitrogens with one attached hydrogen (secondary N) is 1. The number of thioether (sulfide) groups is 1. The lowest BCUT2D eigenvalue weighted by molar-refractivity contribution is 0.598. The van der Waals surface area contributed by atoms with Crippen LogP contribution in [0.15, 0.2) is 23.1 Å². The second kappa shape index (κ2) is 7.01. The Morgan fingerprint density at radius 3 is 2.67 bits per heavy atom. The Labute approximate surface area is 113 Å². The molecule has 0 radical (unpaired) electrons. The molecule has 0 fully saturated rings. The number of rotatable bonds is 7. The number of aryl methyl sites for hydroxylation is 1. The van der Waals surface area contributed by atoms with Crippen molar-refractivity contribution < 1.29 is 8.42 Å². The van der Waals surface area contributed by atoms with Crippen molar-refractivity contribution in [3.05, 3.63) is 23.8 Å². The molecule has 0 aliphatic rings. The normalized spacial score (nSPS) is 11.5. The summed E-state index contributed by atoms with van der Waals surface area (Å²) in [5.41, 5.74) is 1.86. The number of benzene rings is 1. The second-order valence-electron chi connectivity index (χ2n) is 4.15. The van der Waals surface area contributed by atoms with E-state index in [1.807, 2.05) is 18.7 Å². The van der Waals surface area contributed by atoms with Gasteiger partial charge in [-0.05, 0) is 49.5 Å². The number of primary sulfonamides is 1. The molecule has 0 saturated carbocycles. The molecule has 3 N–H and O–H groups in total. The molecule has 0 spiro atoms. The highest BCUT2D eigenvalue weighted by Gasteiger charge is 2.09. The molecule has 0 aromatic heterocycles. The van der Waals surface area contributed by atoms with Crippen LogP contribution in [-0.4, -0.2) is 27.0 Å². The van der Waals surface area contributed by atoms with E-state index < -0.39 is 10.0 Å². The zero-order valence-electron chi connectivity index (χ0n) is 10.8. The lowest BCUT2D eigenvalue weighted by Gasteiger charge is -2.10. The summed E-state index contributed by atoms with van der Waals surface area (Å²) >= 11 is 1.83. The van der Waals surface area contributed by atoms with Gasteiger partial charge in [0, 0.05) is 12.2 Å². The van der Waals surface area contributed by atoms with E-state index in [0.717, 1.165) is 36.4 Å². The predicted octanol–water partition coefficient (Wildman–Crippen LogP) is 2.20. The highest BCUT2D eigenvalue weighted by molar-refractivity contribution is 7.98. The Balaban J connectivity index is 2.65. The first-order valence-electron chi connectivity index (χ1n) is 5.81. The van der Waals surface area contributed by atoms with Crippen LogP contribution in [0.25, 0.3) is 0 Å². The predicted molar refractivity (Wildman–Crippen MR) is 78.7 cm³/mol. The third-order valence-electron chi connectivity index (χ3n) is 2.63. The molecule has 0 aliphatic heterocycles. The smallest absolute Gasteiger partial charge is 0.238 e. The van der Waals surface area contributed by atoms with Crippen molar-refractivity contribution >= 4 is 27.5 Å².